The number of methoxy groups -OCH3 is 2. The SMILES string of the molecule is COc1ccc2cc3n(c2c1)C[C@](C)(C(=O)NCCCN1C[C@H](C)C[C@H](C)C1)N(Cc1cc(Br)ccc1OC)C3=O. The van der Waals surface area contributed by atoms with Gasteiger partial charge in [0.15, 0.2) is 0 Å². The average molecular weight is 626 g/mol. The van der Waals surface area contributed by atoms with Crippen molar-refractivity contribution in [2.45, 2.75) is 52.2 Å². The first kappa shape index (κ1) is 29.5. The number of carbonyl (C=O) groups excluding carboxylic acids is 2. The molecule has 3 aromatic rings. The molecule has 0 aliphatic carbocycles. The highest BCUT2D eigenvalue weighted by Gasteiger charge is 2.48. The number of carbonyl (C=O) groups is 2. The molecule has 5 rings (SSSR count). The second kappa shape index (κ2) is 12.1. The van der Waals surface area contributed by atoms with Crippen LogP contribution in [0.3, 0.4) is 0 Å². The number of likely N-dealkylation sites (tertiary alicyclic amines) is 1. The molecule has 220 valence electrons. The number of hydrogen-bond acceptors (Lipinski definition) is 5. The van der Waals surface area contributed by atoms with Gasteiger partial charge in [-0.15, -0.1) is 0 Å². The number of halogens is 1. The predicted molar refractivity (Wildman–Crippen MR) is 164 cm³/mol. The van der Waals surface area contributed by atoms with Crippen LogP contribution in [0.5, 0.6) is 11.5 Å². The lowest BCUT2D eigenvalue weighted by molar-refractivity contribution is -0.133. The largest absolute Gasteiger partial charge is 0.497 e. The van der Waals surface area contributed by atoms with Gasteiger partial charge in [0.05, 0.1) is 32.8 Å². The van der Waals surface area contributed by atoms with Crippen LogP contribution < -0.4 is 14.8 Å². The average Bonchev–Trinajstić information content (AvgIpc) is 3.30. The standard InChI is InChI=1S/C32H41BrN4O4/c1-21-13-22(2)18-35(17-21)12-6-11-34-31(39)32(3)20-36-27-16-26(40-4)9-7-23(27)15-28(36)30(38)37(32)19-24-14-25(33)8-10-29(24)41-5/h7-10,14-16,21-22H,6,11-13,17-20H2,1-5H3,(H,34,39)/t21-,22+,32-/m1/s1. The first-order valence-corrected chi connectivity index (χ1v) is 15.2. The number of fused-ring (bicyclic) bond motifs is 3. The van der Waals surface area contributed by atoms with Gasteiger partial charge in [-0.2, -0.15) is 0 Å². The molecule has 41 heavy (non-hydrogen) atoms. The number of nitrogens with one attached hydrogen (secondary N) is 1. The molecular formula is C32H41BrN4O4. The quantitative estimate of drug-likeness (QED) is 0.326. The topological polar surface area (TPSA) is 76.0 Å². The predicted octanol–water partition coefficient (Wildman–Crippen LogP) is 5.32. The number of rotatable bonds is 9. The molecule has 0 saturated carbocycles. The van der Waals surface area contributed by atoms with E-state index in [2.05, 4.69) is 40.0 Å². The van der Waals surface area contributed by atoms with Crippen molar-refractivity contribution in [1.82, 2.24) is 19.7 Å². The van der Waals surface area contributed by atoms with Gasteiger partial charge in [-0.1, -0.05) is 29.8 Å². The molecule has 2 aromatic carbocycles. The maximum absolute atomic E-state index is 14.2. The highest BCUT2D eigenvalue weighted by molar-refractivity contribution is 9.10. The van der Waals surface area contributed by atoms with Crippen molar-refractivity contribution in [2.24, 2.45) is 11.8 Å². The molecule has 0 radical (unpaired) electrons. The third kappa shape index (κ3) is 5.97. The van der Waals surface area contributed by atoms with Crippen LogP contribution in [-0.2, 0) is 17.9 Å². The first-order valence-electron chi connectivity index (χ1n) is 14.4. The summed E-state index contributed by atoms with van der Waals surface area (Å²) in [6.45, 7) is 10.8. The van der Waals surface area contributed by atoms with Crippen molar-refractivity contribution in [1.29, 1.82) is 0 Å². The normalized spacial score (nSPS) is 23.0. The molecule has 3 atom stereocenters. The summed E-state index contributed by atoms with van der Waals surface area (Å²) in [6, 6.07) is 13.4. The van der Waals surface area contributed by atoms with Crippen LogP contribution in [0.4, 0.5) is 0 Å². The zero-order chi connectivity index (χ0) is 29.3. The Balaban J connectivity index is 1.42. The number of amides is 2. The minimum absolute atomic E-state index is 0.157. The molecule has 8 nitrogen and oxygen atoms in total. The highest BCUT2D eigenvalue weighted by Crippen LogP contribution is 2.36. The Kier molecular flexibility index (Phi) is 8.66. The van der Waals surface area contributed by atoms with Crippen LogP contribution >= 0.6 is 15.9 Å². The van der Waals surface area contributed by atoms with E-state index in [1.165, 1.54) is 6.42 Å². The summed E-state index contributed by atoms with van der Waals surface area (Å²) >= 11 is 3.55. The molecular weight excluding hydrogens is 584 g/mol. The number of nitrogens with zero attached hydrogens (tertiary/aromatic N) is 3. The van der Waals surface area contributed by atoms with Crippen LogP contribution in [0.25, 0.3) is 10.9 Å². The molecule has 2 aliphatic rings. The molecule has 1 aromatic heterocycles. The van der Waals surface area contributed by atoms with E-state index in [9.17, 15) is 9.59 Å². The minimum Gasteiger partial charge on any atom is -0.497 e. The van der Waals surface area contributed by atoms with E-state index in [0.717, 1.165) is 47.0 Å². The van der Waals surface area contributed by atoms with Gasteiger partial charge in [-0.05, 0) is 74.5 Å². The van der Waals surface area contributed by atoms with Crippen molar-refractivity contribution >= 4 is 38.6 Å². The van der Waals surface area contributed by atoms with Crippen molar-refractivity contribution in [3.05, 3.63) is 58.2 Å². The highest BCUT2D eigenvalue weighted by atomic mass is 79.9. The van der Waals surface area contributed by atoms with Gasteiger partial charge in [0.1, 0.15) is 22.7 Å². The Morgan fingerprint density at radius 3 is 2.54 bits per heavy atom. The van der Waals surface area contributed by atoms with Crippen molar-refractivity contribution < 1.29 is 19.1 Å². The number of aromatic nitrogens is 1. The molecule has 0 spiro atoms. The molecule has 0 bridgehead atoms. The Morgan fingerprint density at radius 1 is 1.07 bits per heavy atom. The lowest BCUT2D eigenvalue weighted by Gasteiger charge is -2.44. The van der Waals surface area contributed by atoms with E-state index in [1.54, 1.807) is 19.1 Å². The smallest absolute Gasteiger partial charge is 0.271 e. The maximum Gasteiger partial charge on any atom is 0.271 e. The Labute approximate surface area is 251 Å². The monoisotopic (exact) mass is 624 g/mol. The van der Waals surface area contributed by atoms with Crippen LogP contribution in [0, 0.1) is 11.8 Å². The number of benzene rings is 2. The van der Waals surface area contributed by atoms with Gasteiger partial charge in [-0.3, -0.25) is 9.59 Å². The molecule has 9 heteroatoms. The second-order valence-electron chi connectivity index (χ2n) is 12.0. The van der Waals surface area contributed by atoms with Gasteiger partial charge in [0.25, 0.3) is 5.91 Å². The van der Waals surface area contributed by atoms with Gasteiger partial charge >= 0.3 is 0 Å². The Bertz CT molecular complexity index is 1430. The fraction of sp³-hybridized carbons (Fsp3) is 0.500. The van der Waals surface area contributed by atoms with E-state index in [0.29, 0.717) is 42.1 Å². The van der Waals surface area contributed by atoms with Crippen LogP contribution in [0.1, 0.15) is 49.7 Å². The van der Waals surface area contributed by atoms with Gasteiger partial charge in [0.2, 0.25) is 5.91 Å². The fourth-order valence-corrected chi connectivity index (χ4v) is 7.02. The third-order valence-electron chi connectivity index (χ3n) is 8.58. The van der Waals surface area contributed by atoms with E-state index in [4.69, 9.17) is 9.47 Å². The van der Waals surface area contributed by atoms with Crippen molar-refractivity contribution in [2.75, 3.05) is 40.4 Å². The summed E-state index contributed by atoms with van der Waals surface area (Å²) in [5.74, 6) is 2.43. The summed E-state index contributed by atoms with van der Waals surface area (Å²) in [7, 11) is 3.24. The lowest BCUT2D eigenvalue weighted by Crippen LogP contribution is -2.63. The van der Waals surface area contributed by atoms with Crippen molar-refractivity contribution in [3.63, 3.8) is 0 Å². The maximum atomic E-state index is 14.2. The number of hydrogen-bond donors (Lipinski definition) is 1. The molecule has 3 heterocycles. The van der Waals surface area contributed by atoms with Crippen LogP contribution in [0.2, 0.25) is 0 Å². The summed E-state index contributed by atoms with van der Waals surface area (Å²) in [5.41, 5.74) is 1.13. The second-order valence-corrected chi connectivity index (χ2v) is 12.9. The molecule has 1 saturated heterocycles. The Hall–Kier alpha value is -3.04. The van der Waals surface area contributed by atoms with E-state index in [-0.39, 0.29) is 18.4 Å². The summed E-state index contributed by atoms with van der Waals surface area (Å²) in [6.07, 6.45) is 2.14. The zero-order valence-electron chi connectivity index (χ0n) is 24.7. The molecule has 2 aliphatic heterocycles. The molecule has 1 fully saturated rings. The number of ether oxygens (including phenoxy) is 2. The summed E-state index contributed by atoms with van der Waals surface area (Å²) < 4.78 is 13.9. The van der Waals surface area contributed by atoms with E-state index >= 15 is 0 Å². The summed E-state index contributed by atoms with van der Waals surface area (Å²) in [4.78, 5) is 32.4. The molecule has 2 amide bonds. The number of piperidine rings is 1. The van der Waals surface area contributed by atoms with Crippen molar-refractivity contribution in [3.8, 4) is 11.5 Å². The first-order chi connectivity index (χ1) is 19.6. The third-order valence-corrected chi connectivity index (χ3v) is 9.07. The van der Waals surface area contributed by atoms with Crippen LogP contribution in [0.15, 0.2) is 46.9 Å². The minimum atomic E-state index is -1.12. The Morgan fingerprint density at radius 2 is 1.83 bits per heavy atom. The molecule has 0 unspecified atom stereocenters. The van der Waals surface area contributed by atoms with Gasteiger partial charge < -0.3 is 29.2 Å². The van der Waals surface area contributed by atoms with Gasteiger partial charge in [-0.25, -0.2) is 0 Å². The fourth-order valence-electron chi connectivity index (χ4n) is 6.62. The lowest BCUT2D eigenvalue weighted by atomic mass is 9.92. The van der Waals surface area contributed by atoms with E-state index in [1.807, 2.05) is 54.0 Å². The molecule has 1 N–H and O–H groups in total. The van der Waals surface area contributed by atoms with E-state index < -0.39 is 5.54 Å². The van der Waals surface area contributed by atoms with Gasteiger partial charge in [0, 0.05) is 41.1 Å². The van der Waals surface area contributed by atoms with Crippen LogP contribution in [-0.4, -0.2) is 72.1 Å². The summed E-state index contributed by atoms with van der Waals surface area (Å²) in [5, 5.41) is 4.12. The zero-order valence-corrected chi connectivity index (χ0v) is 26.3.